The van der Waals surface area contributed by atoms with Gasteiger partial charge in [0, 0.05) is 23.4 Å². The van der Waals surface area contributed by atoms with Crippen LogP contribution < -0.4 is 5.73 Å². The molecule has 6 nitrogen and oxygen atoms in total. The molecule has 0 saturated heterocycles. The molecule has 2 heterocycles. The molecule has 0 saturated carbocycles. The lowest BCUT2D eigenvalue weighted by molar-refractivity contribution is -0.113. The zero-order valence-electron chi connectivity index (χ0n) is 14.8. The zero-order valence-corrected chi connectivity index (χ0v) is 16.4. The molecule has 0 atom stereocenters. The Morgan fingerprint density at radius 1 is 1.11 bits per heavy atom. The van der Waals surface area contributed by atoms with Crippen molar-refractivity contribution in [3.8, 4) is 11.1 Å². The molecule has 0 spiro atoms. The van der Waals surface area contributed by atoms with Crippen molar-refractivity contribution in [3.05, 3.63) is 65.2 Å². The van der Waals surface area contributed by atoms with Crippen LogP contribution >= 0.6 is 11.8 Å². The topological polar surface area (TPSA) is 102 Å². The van der Waals surface area contributed by atoms with E-state index in [0.717, 1.165) is 22.9 Å². The lowest BCUT2D eigenvalue weighted by Gasteiger charge is -2.12. The molecule has 2 N–H and O–H groups in total. The maximum Gasteiger partial charge on any atom is 0.286 e. The minimum Gasteiger partial charge on any atom is -0.378 e. The number of pyridine rings is 1. The van der Waals surface area contributed by atoms with Gasteiger partial charge < -0.3 is 5.73 Å². The number of sulfone groups is 1. The first-order valence-corrected chi connectivity index (χ1v) is 11.0. The fraction of sp³-hybridized carbons (Fsp3) is 0.0500. The fourth-order valence-electron chi connectivity index (χ4n) is 3.04. The highest BCUT2D eigenvalue weighted by molar-refractivity contribution is 8.18. The van der Waals surface area contributed by atoms with E-state index in [2.05, 4.69) is 9.98 Å². The first-order chi connectivity index (χ1) is 13.3. The van der Waals surface area contributed by atoms with E-state index in [1.54, 1.807) is 12.1 Å². The molecule has 0 radical (unpaired) electrons. The number of nitrogens with two attached hydrogens (primary N) is 1. The Morgan fingerprint density at radius 2 is 1.86 bits per heavy atom. The van der Waals surface area contributed by atoms with Crippen LogP contribution in [0.2, 0.25) is 0 Å². The molecule has 1 amide bonds. The molecule has 140 valence electrons. The number of amidine groups is 1. The molecule has 2 aromatic carbocycles. The number of thioether (sulfide) groups is 1. The first kappa shape index (κ1) is 18.4. The van der Waals surface area contributed by atoms with Gasteiger partial charge in [-0.15, -0.1) is 0 Å². The summed E-state index contributed by atoms with van der Waals surface area (Å²) in [6.07, 6.45) is 4.25. The van der Waals surface area contributed by atoms with Crippen LogP contribution in [0.1, 0.15) is 5.56 Å². The van der Waals surface area contributed by atoms with E-state index in [1.807, 2.05) is 42.5 Å². The third-order valence-electron chi connectivity index (χ3n) is 4.25. The molecule has 1 aliphatic heterocycles. The van der Waals surface area contributed by atoms with E-state index in [9.17, 15) is 13.2 Å². The maximum absolute atomic E-state index is 12.4. The van der Waals surface area contributed by atoms with Crippen LogP contribution in [0, 0.1) is 0 Å². The van der Waals surface area contributed by atoms with E-state index in [1.165, 1.54) is 12.5 Å². The second-order valence-electron chi connectivity index (χ2n) is 6.28. The van der Waals surface area contributed by atoms with E-state index in [-0.39, 0.29) is 16.0 Å². The van der Waals surface area contributed by atoms with Gasteiger partial charge in [0.2, 0.25) is 0 Å². The smallest absolute Gasteiger partial charge is 0.286 e. The molecule has 0 bridgehead atoms. The Bertz CT molecular complexity index is 1280. The Balaban J connectivity index is 1.98. The maximum atomic E-state index is 12.4. The van der Waals surface area contributed by atoms with Gasteiger partial charge in [-0.2, -0.15) is 4.99 Å². The van der Waals surface area contributed by atoms with Gasteiger partial charge >= 0.3 is 0 Å². The second kappa shape index (κ2) is 6.88. The monoisotopic (exact) mass is 409 g/mol. The van der Waals surface area contributed by atoms with Crippen LogP contribution in [0.15, 0.2) is 69.5 Å². The molecular formula is C20H15N3O3S2. The van der Waals surface area contributed by atoms with Crippen LogP contribution in [0.4, 0.5) is 0 Å². The van der Waals surface area contributed by atoms with Crippen LogP contribution in [0.5, 0.6) is 0 Å². The van der Waals surface area contributed by atoms with Crippen molar-refractivity contribution in [2.24, 2.45) is 10.7 Å². The Labute approximate surface area is 166 Å². The highest BCUT2D eigenvalue weighted by Gasteiger charge is 2.21. The van der Waals surface area contributed by atoms with Gasteiger partial charge in [0.15, 0.2) is 15.0 Å². The first-order valence-electron chi connectivity index (χ1n) is 8.29. The van der Waals surface area contributed by atoms with Gasteiger partial charge in [-0.05, 0) is 41.1 Å². The van der Waals surface area contributed by atoms with Crippen LogP contribution in [0.25, 0.3) is 28.1 Å². The van der Waals surface area contributed by atoms with Crippen LogP contribution in [-0.2, 0) is 14.6 Å². The van der Waals surface area contributed by atoms with Crippen molar-refractivity contribution in [1.29, 1.82) is 0 Å². The highest BCUT2D eigenvalue weighted by atomic mass is 32.2. The van der Waals surface area contributed by atoms with Gasteiger partial charge in [0.05, 0.1) is 15.3 Å². The van der Waals surface area contributed by atoms with Crippen molar-refractivity contribution in [2.75, 3.05) is 6.26 Å². The number of fused-ring (bicyclic) bond motifs is 1. The van der Waals surface area contributed by atoms with Crippen LogP contribution in [-0.4, -0.2) is 30.7 Å². The number of nitrogens with zero attached hydrogens (tertiary/aromatic N) is 2. The summed E-state index contributed by atoms with van der Waals surface area (Å²) in [7, 11) is -3.50. The molecular weight excluding hydrogens is 394 g/mol. The average Bonchev–Trinajstić information content (AvgIpc) is 2.97. The summed E-state index contributed by atoms with van der Waals surface area (Å²) in [5, 5.41) is 0.899. The summed E-state index contributed by atoms with van der Waals surface area (Å²) in [5.74, 6) is -0.381. The number of amides is 1. The van der Waals surface area contributed by atoms with Gasteiger partial charge in [0.25, 0.3) is 5.91 Å². The van der Waals surface area contributed by atoms with E-state index in [4.69, 9.17) is 5.73 Å². The standard InChI is InChI=1S/C20H15N3O3S2/c1-28(25,26)17-11-22-15-8-7-12(10-16-19(24)23-20(21)27-16)9-14(15)18(17)13-5-3-2-4-6-13/h2-11H,1H3,(H2,21,23,24)/b16-10-. The van der Waals surface area contributed by atoms with Crippen molar-refractivity contribution in [3.63, 3.8) is 0 Å². The van der Waals surface area contributed by atoms with Crippen molar-refractivity contribution in [1.82, 2.24) is 4.98 Å². The Kier molecular flexibility index (Phi) is 4.52. The van der Waals surface area contributed by atoms with Gasteiger partial charge in [0.1, 0.15) is 0 Å². The minimum atomic E-state index is -3.50. The number of aliphatic imine (C=N–C) groups is 1. The quantitative estimate of drug-likeness (QED) is 0.666. The molecule has 3 aromatic rings. The summed E-state index contributed by atoms with van der Waals surface area (Å²) in [4.78, 5) is 20.5. The summed E-state index contributed by atoms with van der Waals surface area (Å²) in [6, 6.07) is 14.7. The fourth-order valence-corrected chi connectivity index (χ4v) is 4.57. The summed E-state index contributed by atoms with van der Waals surface area (Å²) < 4.78 is 24.8. The molecule has 0 unspecified atom stereocenters. The van der Waals surface area contributed by atoms with Crippen molar-refractivity contribution in [2.45, 2.75) is 4.90 Å². The predicted molar refractivity (Wildman–Crippen MR) is 112 cm³/mol. The number of benzene rings is 2. The second-order valence-corrected chi connectivity index (χ2v) is 9.32. The number of carbonyl (C=O) groups is 1. The van der Waals surface area contributed by atoms with Crippen molar-refractivity contribution < 1.29 is 13.2 Å². The summed E-state index contributed by atoms with van der Waals surface area (Å²) >= 11 is 1.11. The van der Waals surface area contributed by atoms with Crippen molar-refractivity contribution >= 4 is 49.7 Å². The number of hydrogen-bond acceptors (Lipinski definition) is 6. The number of rotatable bonds is 3. The van der Waals surface area contributed by atoms with Gasteiger partial charge in [-0.25, -0.2) is 8.42 Å². The summed E-state index contributed by atoms with van der Waals surface area (Å²) in [5.41, 5.74) is 8.37. The molecule has 28 heavy (non-hydrogen) atoms. The lowest BCUT2D eigenvalue weighted by atomic mass is 9.99. The Hall–Kier alpha value is -2.97. The molecule has 4 rings (SSSR count). The molecule has 8 heteroatoms. The summed E-state index contributed by atoms with van der Waals surface area (Å²) in [6.45, 7) is 0. The third-order valence-corrected chi connectivity index (χ3v) is 6.18. The minimum absolute atomic E-state index is 0.162. The van der Waals surface area contributed by atoms with E-state index < -0.39 is 9.84 Å². The number of carbonyl (C=O) groups excluding carboxylic acids is 1. The highest BCUT2D eigenvalue weighted by Crippen LogP contribution is 2.35. The molecule has 0 aliphatic carbocycles. The van der Waals surface area contributed by atoms with Gasteiger partial charge in [-0.1, -0.05) is 36.4 Å². The lowest BCUT2D eigenvalue weighted by Crippen LogP contribution is -2.02. The third kappa shape index (κ3) is 3.44. The number of aromatic nitrogens is 1. The molecule has 0 fully saturated rings. The van der Waals surface area contributed by atoms with Crippen LogP contribution in [0.3, 0.4) is 0 Å². The van der Waals surface area contributed by atoms with Gasteiger partial charge in [-0.3, -0.25) is 9.78 Å². The number of hydrogen-bond donors (Lipinski definition) is 1. The SMILES string of the molecule is CS(=O)(=O)c1cnc2ccc(/C=C3\SC(N)=NC3=O)cc2c1-c1ccccc1. The zero-order chi connectivity index (χ0) is 19.9. The largest absolute Gasteiger partial charge is 0.378 e. The normalized spacial score (nSPS) is 16.0. The molecule has 1 aromatic heterocycles. The molecule has 1 aliphatic rings. The Morgan fingerprint density at radius 3 is 2.50 bits per heavy atom. The average molecular weight is 409 g/mol. The predicted octanol–water partition coefficient (Wildman–Crippen LogP) is 3.23. The van der Waals surface area contributed by atoms with E-state index in [0.29, 0.717) is 21.4 Å². The van der Waals surface area contributed by atoms with E-state index >= 15 is 0 Å².